The Hall–Kier alpha value is -0.990. The summed E-state index contributed by atoms with van der Waals surface area (Å²) in [4.78, 5) is 0. The van der Waals surface area contributed by atoms with Gasteiger partial charge in [0.1, 0.15) is 0 Å². The summed E-state index contributed by atoms with van der Waals surface area (Å²) in [5.41, 5.74) is 0. The fourth-order valence-corrected chi connectivity index (χ4v) is 4.25. The lowest BCUT2D eigenvalue weighted by molar-refractivity contribution is -0.890. The summed E-state index contributed by atoms with van der Waals surface area (Å²) in [5, 5.41) is -7.08. The second kappa shape index (κ2) is 9.81. The monoisotopic (exact) mass is 571 g/mol. The maximum Gasteiger partial charge on any atom is 0.460 e. The van der Waals surface area contributed by atoms with Gasteiger partial charge in [-0.15, -0.1) is 0 Å². The predicted octanol–water partition coefficient (Wildman–Crippen LogP) is 3.05. The molecule has 0 atom stereocenters. The molecule has 0 aromatic heterocycles. The zero-order valence-electron chi connectivity index (χ0n) is 17.7. The van der Waals surface area contributed by atoms with Gasteiger partial charge in [0.2, 0.25) is 0 Å². The Bertz CT molecular complexity index is 919. The first kappa shape index (κ1) is 33.0. The van der Waals surface area contributed by atoms with E-state index in [2.05, 4.69) is 0 Å². The van der Waals surface area contributed by atoms with Crippen LogP contribution in [0.5, 0.6) is 0 Å². The van der Waals surface area contributed by atoms with E-state index in [-0.39, 0.29) is 31.0 Å². The van der Waals surface area contributed by atoms with E-state index in [1.807, 2.05) is 0 Å². The largest absolute Gasteiger partial charge is 0.460 e. The Labute approximate surface area is 187 Å². The van der Waals surface area contributed by atoms with Crippen LogP contribution in [0.4, 0.5) is 48.3 Å². The molecular weight excluding hydrogens is 549 g/mol. The van der Waals surface area contributed by atoms with Gasteiger partial charge >= 0.3 is 29.2 Å². The van der Waals surface area contributed by atoms with E-state index in [0.717, 1.165) is 0 Å². The zero-order valence-corrected chi connectivity index (χ0v) is 19.3. The third-order valence-corrected chi connectivity index (χ3v) is 7.36. The minimum atomic E-state index is -7.85. The van der Waals surface area contributed by atoms with Crippen LogP contribution in [0.3, 0.4) is 0 Å². The van der Waals surface area contributed by atoms with Crippen molar-refractivity contribution < 1.29 is 74.2 Å². The lowest BCUT2D eigenvalue weighted by Crippen LogP contribution is -2.69. The molecule has 0 rings (SSSR count). The van der Waals surface area contributed by atoms with Crippen molar-refractivity contribution in [3.8, 4) is 0 Å². The highest BCUT2D eigenvalue weighted by Crippen LogP contribution is 2.58. The summed E-state index contributed by atoms with van der Waals surface area (Å²) in [7, 11) is -8.13. The number of sulfonamides is 1. The number of hydrogen-bond acceptors (Lipinski definition) is 4. The molecule has 1 N–H and O–H groups in total. The van der Waals surface area contributed by atoms with Crippen molar-refractivity contribution in [1.29, 1.82) is 0 Å². The Morgan fingerprint density at radius 1 is 0.735 bits per heavy atom. The van der Waals surface area contributed by atoms with Gasteiger partial charge in [-0.05, 0) is 0 Å². The number of nitrogens with zero attached hydrogens (tertiary/aromatic N) is 2. The molecule has 0 heterocycles. The van der Waals surface area contributed by atoms with Gasteiger partial charge in [0, 0.05) is 26.4 Å². The summed E-state index contributed by atoms with van der Waals surface area (Å²) < 4.78 is 197. The lowest BCUT2D eigenvalue weighted by atomic mass is 10.0. The van der Waals surface area contributed by atoms with Crippen LogP contribution < -0.4 is 0 Å². The first-order valence-corrected chi connectivity index (χ1v) is 11.9. The number of quaternary nitrogens is 1. The van der Waals surface area contributed by atoms with Crippen LogP contribution in [0.25, 0.3) is 0 Å². The van der Waals surface area contributed by atoms with Gasteiger partial charge < -0.3 is 4.48 Å². The maximum absolute atomic E-state index is 13.9. The van der Waals surface area contributed by atoms with Crippen molar-refractivity contribution >= 4 is 20.1 Å². The van der Waals surface area contributed by atoms with E-state index < -0.39 is 72.4 Å². The van der Waals surface area contributed by atoms with Gasteiger partial charge in [0.15, 0.2) is 0 Å². The molecule has 34 heavy (non-hydrogen) atoms. The molecule has 0 aliphatic rings. The molecule has 20 heteroatoms. The van der Waals surface area contributed by atoms with Crippen LogP contribution in [0, 0.1) is 0 Å². The average molecular weight is 571 g/mol. The number of hydrogen-bond donors (Lipinski definition) is 1. The van der Waals surface area contributed by atoms with Crippen LogP contribution >= 0.6 is 0 Å². The summed E-state index contributed by atoms with van der Waals surface area (Å²) in [6, 6.07) is 0. The van der Waals surface area contributed by atoms with E-state index >= 15 is 0 Å². The average Bonchev–Trinajstić information content (AvgIpc) is 2.58. The lowest BCUT2D eigenvalue weighted by Gasteiger charge is -2.38. The highest BCUT2D eigenvalue weighted by atomic mass is 32.2. The quantitative estimate of drug-likeness (QED) is 0.209. The molecule has 0 spiro atoms. The summed E-state index contributed by atoms with van der Waals surface area (Å²) in [6.45, 7) is -1.19. The molecule has 206 valence electrons. The van der Waals surface area contributed by atoms with Crippen molar-refractivity contribution in [2.75, 3.05) is 46.5 Å². The van der Waals surface area contributed by atoms with Gasteiger partial charge in [-0.3, -0.25) is 4.55 Å². The highest BCUT2D eigenvalue weighted by molar-refractivity contribution is 7.90. The maximum atomic E-state index is 13.9. The van der Waals surface area contributed by atoms with Gasteiger partial charge in [-0.1, -0.05) is 0 Å². The molecule has 0 saturated carbocycles. The minimum absolute atomic E-state index is 0.0310. The number of halogens is 11. The van der Waals surface area contributed by atoms with Crippen molar-refractivity contribution in [1.82, 2.24) is 4.31 Å². The Kier molecular flexibility index (Phi) is 9.53. The Morgan fingerprint density at radius 3 is 1.53 bits per heavy atom. The van der Waals surface area contributed by atoms with E-state index in [0.29, 0.717) is 0 Å². The fraction of sp³-hybridized carbons (Fsp3) is 1.00. The second-order valence-corrected chi connectivity index (χ2v) is 11.6. The highest BCUT2D eigenvalue weighted by Gasteiger charge is 2.89. The molecule has 0 aliphatic heterocycles. The van der Waals surface area contributed by atoms with Crippen LogP contribution in [0.2, 0.25) is 0 Å². The second-order valence-electron chi connectivity index (χ2n) is 7.94. The normalized spacial score (nSPS) is 15.8. The van der Waals surface area contributed by atoms with Crippen LogP contribution in [-0.2, 0) is 20.1 Å². The van der Waals surface area contributed by atoms with E-state index in [1.165, 1.54) is 14.1 Å². The topological polar surface area (TPSA) is 91.8 Å². The van der Waals surface area contributed by atoms with Crippen molar-refractivity contribution in [3.63, 3.8) is 0 Å². The van der Waals surface area contributed by atoms with Gasteiger partial charge in [-0.2, -0.15) is 61.0 Å². The first-order valence-electron chi connectivity index (χ1n) is 8.89. The van der Waals surface area contributed by atoms with Crippen molar-refractivity contribution in [2.24, 2.45) is 0 Å². The molecule has 0 radical (unpaired) electrons. The third kappa shape index (κ3) is 6.61. The predicted molar refractivity (Wildman–Crippen MR) is 94.9 cm³/mol. The Balaban J connectivity index is 5.61. The van der Waals surface area contributed by atoms with Crippen LogP contribution in [0.15, 0.2) is 0 Å². The van der Waals surface area contributed by atoms with Gasteiger partial charge in [0.25, 0.3) is 20.1 Å². The Morgan fingerprint density at radius 2 is 1.15 bits per heavy atom. The van der Waals surface area contributed by atoms with Gasteiger partial charge in [-0.25, -0.2) is 8.42 Å². The van der Waals surface area contributed by atoms with Crippen molar-refractivity contribution in [3.05, 3.63) is 0 Å². The molecule has 7 nitrogen and oxygen atoms in total. The smallest absolute Gasteiger partial charge is 0.328 e. The molecular formula is C14H22F11N2O5S2+. The molecule has 0 bridgehead atoms. The number of rotatable bonds is 13. The summed E-state index contributed by atoms with van der Waals surface area (Å²) >= 11 is 0. The van der Waals surface area contributed by atoms with E-state index in [9.17, 15) is 65.1 Å². The number of alkyl halides is 11. The molecule has 0 aromatic carbocycles. The molecule has 0 aliphatic carbocycles. The van der Waals surface area contributed by atoms with E-state index in [1.54, 1.807) is 0 Å². The fourth-order valence-electron chi connectivity index (χ4n) is 2.54. The molecule has 0 unspecified atom stereocenters. The summed E-state index contributed by atoms with van der Waals surface area (Å²) in [5.74, 6) is -23.9. The zero-order chi connectivity index (χ0) is 27.8. The molecule has 0 amide bonds. The van der Waals surface area contributed by atoms with Gasteiger partial charge in [0.05, 0.1) is 32.9 Å². The SMILES string of the molecule is CN(CCC[N+](C)(C)CCCS(=O)(=O)O)S(=O)(=O)C(F)(F)C(F)(F)C(F)(F)C(F)(F)C(F)(F)F. The van der Waals surface area contributed by atoms with Crippen LogP contribution in [0.1, 0.15) is 12.8 Å². The minimum Gasteiger partial charge on any atom is -0.328 e. The van der Waals surface area contributed by atoms with Crippen LogP contribution in [-0.4, -0.2) is 106 Å². The molecule has 0 aromatic rings. The molecule has 0 saturated heterocycles. The van der Waals surface area contributed by atoms with E-state index in [4.69, 9.17) is 4.55 Å². The standard InChI is InChI=1S/C14H21F11N2O5S2/c1-26(6-4-7-27(2,3)8-5-9-33(28,29)30)34(31,32)14(24,25)12(19,20)10(15,16)11(17,18)13(21,22)23/h4-9H2,1-3H3/p+1. The summed E-state index contributed by atoms with van der Waals surface area (Å²) in [6.07, 6.45) is -7.96. The first-order chi connectivity index (χ1) is 14.6. The van der Waals surface area contributed by atoms with Crippen molar-refractivity contribution in [2.45, 2.75) is 42.0 Å². The molecule has 0 fully saturated rings. The third-order valence-electron chi connectivity index (χ3n) is 4.65.